The quantitative estimate of drug-likeness (QED) is 0.832. The maximum Gasteiger partial charge on any atom is 0.253 e. The van der Waals surface area contributed by atoms with Gasteiger partial charge in [-0.05, 0) is 43.0 Å². The first kappa shape index (κ1) is 14.9. The van der Waals surface area contributed by atoms with Crippen LogP contribution in [0.1, 0.15) is 30.6 Å². The highest BCUT2D eigenvalue weighted by molar-refractivity contribution is 7.99. The molecule has 0 aliphatic rings. The fourth-order valence-corrected chi connectivity index (χ4v) is 2.86. The zero-order valence-electron chi connectivity index (χ0n) is 12.2. The summed E-state index contributed by atoms with van der Waals surface area (Å²) in [4.78, 5) is 21.5. The molecule has 0 spiro atoms. The fourth-order valence-electron chi connectivity index (χ4n) is 2.06. The smallest absolute Gasteiger partial charge is 0.253 e. The van der Waals surface area contributed by atoms with Crippen LogP contribution < -0.4 is 0 Å². The summed E-state index contributed by atoms with van der Waals surface area (Å²) in [6, 6.07) is 5.84. The first-order valence-electron chi connectivity index (χ1n) is 6.91. The monoisotopic (exact) mass is 291 g/mol. The minimum absolute atomic E-state index is 0.0653. The van der Waals surface area contributed by atoms with Crippen molar-refractivity contribution in [3.05, 3.63) is 30.1 Å². The second kappa shape index (κ2) is 6.79. The van der Waals surface area contributed by atoms with E-state index in [0.29, 0.717) is 5.56 Å². The van der Waals surface area contributed by atoms with Crippen LogP contribution in [0.5, 0.6) is 0 Å². The van der Waals surface area contributed by atoms with Crippen LogP contribution in [-0.2, 0) is 0 Å². The van der Waals surface area contributed by atoms with Gasteiger partial charge in [0.2, 0.25) is 0 Å². The Hall–Kier alpha value is -1.49. The maximum atomic E-state index is 12.5. The number of H-pyrrole nitrogens is 1. The zero-order chi connectivity index (χ0) is 14.5. The number of thioether (sulfide) groups is 1. The van der Waals surface area contributed by atoms with Crippen molar-refractivity contribution >= 4 is 28.7 Å². The number of carbonyl (C=O) groups excluding carboxylic acids is 1. The second-order valence-electron chi connectivity index (χ2n) is 4.89. The molecule has 0 saturated heterocycles. The molecule has 4 nitrogen and oxygen atoms in total. The van der Waals surface area contributed by atoms with E-state index in [1.807, 2.05) is 41.9 Å². The number of hydrogen-bond acceptors (Lipinski definition) is 3. The van der Waals surface area contributed by atoms with Crippen LogP contribution in [0.25, 0.3) is 11.0 Å². The molecule has 0 aliphatic heterocycles. The van der Waals surface area contributed by atoms with Crippen LogP contribution in [0.15, 0.2) is 24.5 Å². The molecule has 1 unspecified atom stereocenters. The highest BCUT2D eigenvalue weighted by Gasteiger charge is 2.17. The van der Waals surface area contributed by atoms with Crippen molar-refractivity contribution in [3.63, 3.8) is 0 Å². The van der Waals surface area contributed by atoms with Gasteiger partial charge in [0.15, 0.2) is 0 Å². The number of hydrogen-bond donors (Lipinski definition) is 1. The second-order valence-corrected chi connectivity index (χ2v) is 6.28. The highest BCUT2D eigenvalue weighted by atomic mass is 32.2. The van der Waals surface area contributed by atoms with Gasteiger partial charge in [0.1, 0.15) is 0 Å². The van der Waals surface area contributed by atoms with E-state index >= 15 is 0 Å². The van der Waals surface area contributed by atoms with Gasteiger partial charge in [-0.15, -0.1) is 0 Å². The summed E-state index contributed by atoms with van der Waals surface area (Å²) < 4.78 is 0. The molecule has 1 heterocycles. The number of carbonyl (C=O) groups is 1. The first-order chi connectivity index (χ1) is 9.63. The van der Waals surface area contributed by atoms with E-state index < -0.39 is 0 Å². The third kappa shape index (κ3) is 3.33. The van der Waals surface area contributed by atoms with Gasteiger partial charge in [-0.3, -0.25) is 4.79 Å². The first-order valence-corrected chi connectivity index (χ1v) is 8.07. The Morgan fingerprint density at radius 2 is 2.30 bits per heavy atom. The van der Waals surface area contributed by atoms with Gasteiger partial charge in [0.05, 0.1) is 17.4 Å². The lowest BCUT2D eigenvalue weighted by Crippen LogP contribution is -2.35. The summed E-state index contributed by atoms with van der Waals surface area (Å²) in [5.74, 6) is 2.28. The fraction of sp³-hybridized carbons (Fsp3) is 0.467. The SMILES string of the molecule is CCSCCC(C)N(C)C(=O)c1ccc2nc[nH]c2c1. The van der Waals surface area contributed by atoms with Gasteiger partial charge in [0, 0.05) is 18.7 Å². The van der Waals surface area contributed by atoms with Crippen molar-refractivity contribution in [2.45, 2.75) is 26.3 Å². The Kier molecular flexibility index (Phi) is 5.06. The van der Waals surface area contributed by atoms with Crippen LogP contribution in [0.4, 0.5) is 0 Å². The molecule has 2 rings (SSSR count). The average Bonchev–Trinajstić information content (AvgIpc) is 2.93. The lowest BCUT2D eigenvalue weighted by molar-refractivity contribution is 0.0741. The molecule has 0 radical (unpaired) electrons. The number of amides is 1. The van der Waals surface area contributed by atoms with Crippen LogP contribution in [-0.4, -0.2) is 45.4 Å². The lowest BCUT2D eigenvalue weighted by Gasteiger charge is -2.25. The summed E-state index contributed by atoms with van der Waals surface area (Å²) in [5.41, 5.74) is 2.49. The van der Waals surface area contributed by atoms with E-state index in [9.17, 15) is 4.79 Å². The third-order valence-corrected chi connectivity index (χ3v) is 4.47. The minimum atomic E-state index is 0.0653. The van der Waals surface area contributed by atoms with Gasteiger partial charge < -0.3 is 9.88 Å². The topological polar surface area (TPSA) is 49.0 Å². The molecule has 0 fully saturated rings. The van der Waals surface area contributed by atoms with Crippen molar-refractivity contribution in [1.82, 2.24) is 14.9 Å². The van der Waals surface area contributed by atoms with Crippen molar-refractivity contribution in [1.29, 1.82) is 0 Å². The average molecular weight is 291 g/mol. The molecule has 1 atom stereocenters. The molecule has 0 saturated carbocycles. The van der Waals surface area contributed by atoms with Crippen molar-refractivity contribution in [2.24, 2.45) is 0 Å². The minimum Gasteiger partial charge on any atom is -0.345 e. The Morgan fingerprint density at radius 1 is 1.50 bits per heavy atom. The number of fused-ring (bicyclic) bond motifs is 1. The van der Waals surface area contributed by atoms with Gasteiger partial charge in [-0.1, -0.05) is 6.92 Å². The molecule has 1 amide bonds. The number of benzene rings is 1. The van der Waals surface area contributed by atoms with E-state index in [1.54, 1.807) is 6.33 Å². The maximum absolute atomic E-state index is 12.5. The van der Waals surface area contributed by atoms with Gasteiger partial charge >= 0.3 is 0 Å². The Balaban J connectivity index is 2.05. The van der Waals surface area contributed by atoms with Crippen LogP contribution in [0, 0.1) is 0 Å². The van der Waals surface area contributed by atoms with Crippen LogP contribution >= 0.6 is 11.8 Å². The Morgan fingerprint density at radius 3 is 3.05 bits per heavy atom. The summed E-state index contributed by atoms with van der Waals surface area (Å²) in [6.07, 6.45) is 2.67. The number of nitrogens with zero attached hydrogens (tertiary/aromatic N) is 2. The largest absolute Gasteiger partial charge is 0.345 e. The van der Waals surface area contributed by atoms with Gasteiger partial charge in [-0.25, -0.2) is 4.98 Å². The normalized spacial score (nSPS) is 12.6. The standard InChI is InChI=1S/C15H21N3OS/c1-4-20-8-7-11(2)18(3)15(19)12-5-6-13-14(9-12)17-10-16-13/h5-6,9-11H,4,7-8H2,1-3H3,(H,16,17). The van der Waals surface area contributed by atoms with Crippen molar-refractivity contribution in [3.8, 4) is 0 Å². The molecule has 0 aliphatic carbocycles. The molecule has 1 aromatic carbocycles. The number of nitrogens with one attached hydrogen (secondary N) is 1. The Labute approximate surface area is 124 Å². The molecular formula is C15H21N3OS. The van der Waals surface area contributed by atoms with Gasteiger partial charge in [0.25, 0.3) is 5.91 Å². The third-order valence-electron chi connectivity index (χ3n) is 3.53. The van der Waals surface area contributed by atoms with E-state index in [4.69, 9.17) is 0 Å². The molecule has 2 aromatic rings. The number of rotatable bonds is 6. The van der Waals surface area contributed by atoms with E-state index in [2.05, 4.69) is 23.8 Å². The number of aromatic amines is 1. The van der Waals surface area contributed by atoms with Crippen LogP contribution in [0.3, 0.4) is 0 Å². The van der Waals surface area contributed by atoms with E-state index in [0.717, 1.165) is 29.0 Å². The molecule has 1 aromatic heterocycles. The molecular weight excluding hydrogens is 270 g/mol. The van der Waals surface area contributed by atoms with Crippen molar-refractivity contribution in [2.75, 3.05) is 18.6 Å². The summed E-state index contributed by atoms with van der Waals surface area (Å²) in [7, 11) is 1.88. The predicted molar refractivity (Wildman–Crippen MR) is 85.3 cm³/mol. The van der Waals surface area contributed by atoms with Crippen molar-refractivity contribution < 1.29 is 4.79 Å². The number of imidazole rings is 1. The van der Waals surface area contributed by atoms with E-state index in [-0.39, 0.29) is 11.9 Å². The predicted octanol–water partition coefficient (Wildman–Crippen LogP) is 3.17. The molecule has 20 heavy (non-hydrogen) atoms. The van der Waals surface area contributed by atoms with E-state index in [1.165, 1.54) is 0 Å². The molecule has 0 bridgehead atoms. The Bertz CT molecular complexity index is 581. The summed E-state index contributed by atoms with van der Waals surface area (Å²) >= 11 is 1.91. The molecule has 5 heteroatoms. The molecule has 1 N–H and O–H groups in total. The molecule has 108 valence electrons. The highest BCUT2D eigenvalue weighted by Crippen LogP contribution is 2.15. The lowest BCUT2D eigenvalue weighted by atomic mass is 10.1. The summed E-state index contributed by atoms with van der Waals surface area (Å²) in [5, 5.41) is 0. The number of aromatic nitrogens is 2. The zero-order valence-corrected chi connectivity index (χ0v) is 13.0. The van der Waals surface area contributed by atoms with Gasteiger partial charge in [-0.2, -0.15) is 11.8 Å². The summed E-state index contributed by atoms with van der Waals surface area (Å²) in [6.45, 7) is 4.26. The van der Waals surface area contributed by atoms with Crippen LogP contribution in [0.2, 0.25) is 0 Å².